The van der Waals surface area contributed by atoms with Gasteiger partial charge >= 0.3 is 0 Å². The van der Waals surface area contributed by atoms with Gasteiger partial charge in [0.2, 0.25) is 0 Å². The van der Waals surface area contributed by atoms with Gasteiger partial charge in [-0.3, -0.25) is 10.1 Å². The fourth-order valence-electron chi connectivity index (χ4n) is 1.97. The van der Waals surface area contributed by atoms with Crippen LogP contribution in [0.3, 0.4) is 0 Å². The number of fused-ring (bicyclic) bond motifs is 1. The molecule has 21 heavy (non-hydrogen) atoms. The van der Waals surface area contributed by atoms with Crippen LogP contribution in [0.2, 0.25) is 0 Å². The lowest BCUT2D eigenvalue weighted by Gasteiger charge is -2.19. The molecular formula is C13H19N3O5. The molecule has 2 rings (SSSR count). The minimum Gasteiger partial charge on any atom is -0.486 e. The van der Waals surface area contributed by atoms with Crippen molar-refractivity contribution in [2.24, 2.45) is 0 Å². The van der Waals surface area contributed by atoms with Crippen molar-refractivity contribution in [3.8, 4) is 11.5 Å². The van der Waals surface area contributed by atoms with E-state index in [2.05, 4.69) is 10.6 Å². The lowest BCUT2D eigenvalue weighted by atomic mass is 10.2. The third kappa shape index (κ3) is 4.20. The summed E-state index contributed by atoms with van der Waals surface area (Å²) >= 11 is 0. The zero-order valence-electron chi connectivity index (χ0n) is 11.8. The molecular weight excluding hydrogens is 278 g/mol. The van der Waals surface area contributed by atoms with Crippen LogP contribution >= 0.6 is 0 Å². The van der Waals surface area contributed by atoms with Crippen LogP contribution in [0.1, 0.15) is 6.92 Å². The predicted molar refractivity (Wildman–Crippen MR) is 77.1 cm³/mol. The van der Waals surface area contributed by atoms with E-state index >= 15 is 0 Å². The molecule has 0 amide bonds. The molecule has 1 aromatic carbocycles. The molecule has 1 heterocycles. The first-order chi connectivity index (χ1) is 10.1. The number of hydrogen-bond donors (Lipinski definition) is 3. The molecule has 0 radical (unpaired) electrons. The van der Waals surface area contributed by atoms with Crippen LogP contribution in [0.4, 0.5) is 11.4 Å². The number of rotatable bonds is 7. The average Bonchev–Trinajstić information content (AvgIpc) is 2.45. The number of aliphatic hydroxyl groups is 1. The van der Waals surface area contributed by atoms with Crippen molar-refractivity contribution in [1.29, 1.82) is 0 Å². The molecule has 3 N–H and O–H groups in total. The lowest BCUT2D eigenvalue weighted by molar-refractivity contribution is -0.384. The van der Waals surface area contributed by atoms with E-state index in [0.29, 0.717) is 50.0 Å². The van der Waals surface area contributed by atoms with E-state index in [0.717, 1.165) is 0 Å². The number of nitro benzene ring substituents is 1. The van der Waals surface area contributed by atoms with Gasteiger partial charge in [-0.25, -0.2) is 0 Å². The Hall–Kier alpha value is -2.06. The summed E-state index contributed by atoms with van der Waals surface area (Å²) in [4.78, 5) is 10.7. The van der Waals surface area contributed by atoms with Gasteiger partial charge < -0.3 is 25.2 Å². The second-order valence-electron chi connectivity index (χ2n) is 4.75. The molecule has 116 valence electrons. The second kappa shape index (κ2) is 7.09. The fourth-order valence-corrected chi connectivity index (χ4v) is 1.97. The van der Waals surface area contributed by atoms with Crippen molar-refractivity contribution in [1.82, 2.24) is 5.32 Å². The van der Waals surface area contributed by atoms with Crippen LogP contribution in [0.15, 0.2) is 12.1 Å². The Labute approximate surface area is 122 Å². The van der Waals surface area contributed by atoms with Crippen molar-refractivity contribution in [2.45, 2.75) is 13.0 Å². The molecule has 0 aromatic heterocycles. The number of nitro groups is 1. The number of nitrogens with one attached hydrogen (secondary N) is 2. The van der Waals surface area contributed by atoms with Crippen molar-refractivity contribution in [2.75, 3.05) is 38.2 Å². The van der Waals surface area contributed by atoms with Crippen molar-refractivity contribution in [3.05, 3.63) is 22.2 Å². The number of benzene rings is 1. The van der Waals surface area contributed by atoms with Crippen LogP contribution in [-0.2, 0) is 0 Å². The maximum absolute atomic E-state index is 11.1. The standard InChI is InChI=1S/C13H19N3O5/c1-9(17)8-14-2-3-15-10-6-12-13(21-5-4-20-12)7-11(10)16(18)19/h6-7,9,14-15,17H,2-5,8H2,1H3. The third-order valence-corrected chi connectivity index (χ3v) is 2.91. The van der Waals surface area contributed by atoms with Gasteiger partial charge in [-0.2, -0.15) is 0 Å². The highest BCUT2D eigenvalue weighted by Gasteiger charge is 2.21. The maximum Gasteiger partial charge on any atom is 0.296 e. The summed E-state index contributed by atoms with van der Waals surface area (Å²) in [5, 5.41) is 26.2. The van der Waals surface area contributed by atoms with Gasteiger partial charge in [0, 0.05) is 25.7 Å². The molecule has 0 saturated heterocycles. The first kappa shape index (κ1) is 15.3. The van der Waals surface area contributed by atoms with Gasteiger partial charge in [-0.15, -0.1) is 0 Å². The summed E-state index contributed by atoms with van der Waals surface area (Å²) in [7, 11) is 0. The molecule has 0 aliphatic carbocycles. The average molecular weight is 297 g/mol. The summed E-state index contributed by atoms with van der Waals surface area (Å²) in [6.45, 7) is 4.06. The highest BCUT2D eigenvalue weighted by atomic mass is 16.6. The molecule has 0 fully saturated rings. The Morgan fingerprint density at radius 1 is 1.33 bits per heavy atom. The van der Waals surface area contributed by atoms with E-state index in [4.69, 9.17) is 14.6 Å². The van der Waals surface area contributed by atoms with Gasteiger partial charge in [0.1, 0.15) is 18.9 Å². The minimum absolute atomic E-state index is 0.0465. The topological polar surface area (TPSA) is 106 Å². The summed E-state index contributed by atoms with van der Waals surface area (Å²) in [6, 6.07) is 2.96. The monoisotopic (exact) mass is 297 g/mol. The molecule has 1 atom stereocenters. The number of ether oxygens (including phenoxy) is 2. The highest BCUT2D eigenvalue weighted by Crippen LogP contribution is 2.39. The lowest BCUT2D eigenvalue weighted by Crippen LogP contribution is -2.29. The highest BCUT2D eigenvalue weighted by molar-refractivity contribution is 5.68. The van der Waals surface area contributed by atoms with Crippen LogP contribution in [0.25, 0.3) is 0 Å². The van der Waals surface area contributed by atoms with Gasteiger partial charge in [0.05, 0.1) is 17.1 Å². The molecule has 1 unspecified atom stereocenters. The Morgan fingerprint density at radius 3 is 2.62 bits per heavy atom. The van der Waals surface area contributed by atoms with Crippen LogP contribution in [0, 0.1) is 10.1 Å². The minimum atomic E-state index is -0.455. The van der Waals surface area contributed by atoms with Crippen molar-refractivity contribution in [3.63, 3.8) is 0 Å². The Morgan fingerprint density at radius 2 is 2.00 bits per heavy atom. The molecule has 1 aliphatic heterocycles. The molecule has 0 spiro atoms. The quantitative estimate of drug-likeness (QED) is 0.387. The van der Waals surface area contributed by atoms with Gasteiger partial charge in [0.15, 0.2) is 11.5 Å². The van der Waals surface area contributed by atoms with E-state index in [1.807, 2.05) is 0 Å². The predicted octanol–water partition coefficient (Wildman–Crippen LogP) is 0.748. The van der Waals surface area contributed by atoms with Crippen molar-refractivity contribution >= 4 is 11.4 Å². The molecule has 0 bridgehead atoms. The van der Waals surface area contributed by atoms with E-state index < -0.39 is 11.0 Å². The number of anilines is 1. The fraction of sp³-hybridized carbons (Fsp3) is 0.538. The number of aliphatic hydroxyl groups excluding tert-OH is 1. The smallest absolute Gasteiger partial charge is 0.296 e. The molecule has 1 aromatic rings. The summed E-state index contributed by atoms with van der Waals surface area (Å²) in [5.74, 6) is 0.900. The third-order valence-electron chi connectivity index (χ3n) is 2.91. The van der Waals surface area contributed by atoms with Crippen LogP contribution in [-0.4, -0.2) is 49.0 Å². The van der Waals surface area contributed by atoms with E-state index in [1.165, 1.54) is 6.07 Å². The van der Waals surface area contributed by atoms with Crippen molar-refractivity contribution < 1.29 is 19.5 Å². The summed E-state index contributed by atoms with van der Waals surface area (Å²) < 4.78 is 10.8. The SMILES string of the molecule is CC(O)CNCCNc1cc2c(cc1[N+](=O)[O-])OCCO2. The van der Waals surface area contributed by atoms with E-state index in [1.54, 1.807) is 13.0 Å². The van der Waals surface area contributed by atoms with Gasteiger partial charge in [-0.1, -0.05) is 0 Å². The molecule has 0 saturated carbocycles. The number of nitrogens with zero attached hydrogens (tertiary/aromatic N) is 1. The van der Waals surface area contributed by atoms with Gasteiger partial charge in [-0.05, 0) is 6.92 Å². The molecule has 8 heteroatoms. The summed E-state index contributed by atoms with van der Waals surface area (Å²) in [6.07, 6.45) is -0.423. The molecule has 1 aliphatic rings. The zero-order valence-corrected chi connectivity index (χ0v) is 11.8. The van der Waals surface area contributed by atoms with Gasteiger partial charge in [0.25, 0.3) is 5.69 Å². The zero-order chi connectivity index (χ0) is 15.2. The van der Waals surface area contributed by atoms with E-state index in [-0.39, 0.29) is 5.69 Å². The molecule has 8 nitrogen and oxygen atoms in total. The second-order valence-corrected chi connectivity index (χ2v) is 4.75. The Kier molecular flexibility index (Phi) is 5.18. The largest absolute Gasteiger partial charge is 0.486 e. The Balaban J connectivity index is 2.01. The Bertz CT molecular complexity index is 507. The normalized spacial score (nSPS) is 14.6. The summed E-state index contributed by atoms with van der Waals surface area (Å²) in [5.41, 5.74) is 0.345. The first-order valence-electron chi connectivity index (χ1n) is 6.78. The maximum atomic E-state index is 11.1. The van der Waals surface area contributed by atoms with Crippen LogP contribution < -0.4 is 20.1 Å². The van der Waals surface area contributed by atoms with Crippen LogP contribution in [0.5, 0.6) is 11.5 Å². The van der Waals surface area contributed by atoms with E-state index in [9.17, 15) is 10.1 Å². The first-order valence-corrected chi connectivity index (χ1v) is 6.78. The number of hydrogen-bond acceptors (Lipinski definition) is 7.